The number of allylic oxidation sites excluding steroid dienone is 1. The molecular weight excluding hydrogens is 100 g/mol. The number of rotatable bonds is 2. The normalized spacial score (nSPS) is 16.2. The Morgan fingerprint density at radius 1 is 1.75 bits per heavy atom. The lowest BCUT2D eigenvalue weighted by Crippen LogP contribution is -2.04. The Morgan fingerprint density at radius 3 is 2.38 bits per heavy atom. The first-order chi connectivity index (χ1) is 3.72. The van der Waals surface area contributed by atoms with E-state index in [4.69, 9.17) is 5.11 Å². The van der Waals surface area contributed by atoms with E-state index in [1.807, 2.05) is 26.8 Å². The lowest BCUT2D eigenvalue weighted by atomic mass is 10.1. The molecule has 1 nitrogen and oxygen atoms in total. The third-order valence-corrected chi connectivity index (χ3v) is 1.37. The summed E-state index contributed by atoms with van der Waals surface area (Å²) in [4.78, 5) is 0. The molecular formula is C7H14O. The fraction of sp³-hybridized carbons (Fsp3) is 0.714. The van der Waals surface area contributed by atoms with Crippen molar-refractivity contribution in [1.82, 2.24) is 0 Å². The van der Waals surface area contributed by atoms with Gasteiger partial charge in [-0.05, 0) is 25.8 Å². The van der Waals surface area contributed by atoms with Gasteiger partial charge in [-0.15, -0.1) is 0 Å². The first kappa shape index (κ1) is 7.70. The molecule has 0 aliphatic heterocycles. The van der Waals surface area contributed by atoms with Gasteiger partial charge in [0.25, 0.3) is 0 Å². The van der Waals surface area contributed by atoms with Gasteiger partial charge >= 0.3 is 0 Å². The largest absolute Gasteiger partial charge is 0.389 e. The van der Waals surface area contributed by atoms with Gasteiger partial charge in [0.2, 0.25) is 0 Å². The molecule has 1 heteroatoms. The Morgan fingerprint density at radius 2 is 2.25 bits per heavy atom. The van der Waals surface area contributed by atoms with Crippen LogP contribution in [0.5, 0.6) is 0 Å². The highest BCUT2D eigenvalue weighted by molar-refractivity contribution is 5.01. The summed E-state index contributed by atoms with van der Waals surface area (Å²) in [5, 5.41) is 9.06. The van der Waals surface area contributed by atoms with Gasteiger partial charge in [0.15, 0.2) is 0 Å². The molecule has 8 heavy (non-hydrogen) atoms. The van der Waals surface area contributed by atoms with Crippen molar-refractivity contribution in [3.05, 3.63) is 11.6 Å². The maximum Gasteiger partial charge on any atom is 0.0744 e. The summed E-state index contributed by atoms with van der Waals surface area (Å²) >= 11 is 0. The Hall–Kier alpha value is -0.300. The van der Waals surface area contributed by atoms with E-state index in [1.54, 1.807) is 0 Å². The van der Waals surface area contributed by atoms with Crippen LogP contribution in [0.2, 0.25) is 0 Å². The van der Waals surface area contributed by atoms with Gasteiger partial charge in [0, 0.05) is 0 Å². The van der Waals surface area contributed by atoms with Crippen LogP contribution in [0.1, 0.15) is 27.2 Å². The second-order valence-corrected chi connectivity index (χ2v) is 1.96. The third-order valence-electron chi connectivity index (χ3n) is 1.37. The molecule has 0 amide bonds. The SMILES string of the molecule is C/C=C(\C)[C@@H](O)CC. The van der Waals surface area contributed by atoms with E-state index < -0.39 is 0 Å². The molecule has 0 rings (SSSR count). The highest BCUT2D eigenvalue weighted by Crippen LogP contribution is 2.02. The lowest BCUT2D eigenvalue weighted by molar-refractivity contribution is 0.206. The number of aliphatic hydroxyl groups is 1. The maximum absolute atomic E-state index is 9.06. The van der Waals surface area contributed by atoms with Gasteiger partial charge < -0.3 is 5.11 Å². The van der Waals surface area contributed by atoms with Crippen molar-refractivity contribution in [2.45, 2.75) is 33.3 Å². The van der Waals surface area contributed by atoms with Crippen molar-refractivity contribution in [3.8, 4) is 0 Å². The van der Waals surface area contributed by atoms with E-state index in [-0.39, 0.29) is 6.10 Å². The number of hydrogen-bond donors (Lipinski definition) is 1. The first-order valence-corrected chi connectivity index (χ1v) is 3.03. The molecule has 0 radical (unpaired) electrons. The molecule has 1 atom stereocenters. The predicted octanol–water partition coefficient (Wildman–Crippen LogP) is 1.72. The zero-order valence-electron chi connectivity index (χ0n) is 5.81. The topological polar surface area (TPSA) is 20.2 Å². The molecule has 0 aromatic heterocycles. The molecule has 48 valence electrons. The van der Waals surface area contributed by atoms with Gasteiger partial charge in [-0.25, -0.2) is 0 Å². The minimum absolute atomic E-state index is 0.222. The van der Waals surface area contributed by atoms with Crippen LogP contribution in [-0.2, 0) is 0 Å². The van der Waals surface area contributed by atoms with Crippen LogP contribution in [0.15, 0.2) is 11.6 Å². The van der Waals surface area contributed by atoms with Crippen molar-refractivity contribution in [3.63, 3.8) is 0 Å². The Bertz CT molecular complexity index is 84.4. The van der Waals surface area contributed by atoms with Crippen molar-refractivity contribution >= 4 is 0 Å². The zero-order chi connectivity index (χ0) is 6.57. The van der Waals surface area contributed by atoms with Gasteiger partial charge in [0.1, 0.15) is 0 Å². The van der Waals surface area contributed by atoms with E-state index in [9.17, 15) is 0 Å². The smallest absolute Gasteiger partial charge is 0.0744 e. The highest BCUT2D eigenvalue weighted by Gasteiger charge is 1.98. The van der Waals surface area contributed by atoms with Crippen molar-refractivity contribution in [1.29, 1.82) is 0 Å². The van der Waals surface area contributed by atoms with Crippen molar-refractivity contribution in [2.24, 2.45) is 0 Å². The fourth-order valence-corrected chi connectivity index (χ4v) is 0.514. The summed E-state index contributed by atoms with van der Waals surface area (Å²) in [7, 11) is 0. The summed E-state index contributed by atoms with van der Waals surface area (Å²) < 4.78 is 0. The second kappa shape index (κ2) is 3.67. The molecule has 0 saturated carbocycles. The standard InChI is InChI=1S/C7H14O/c1-4-6(3)7(8)5-2/h4,7-8H,5H2,1-3H3/b6-4+/t7-/m0/s1. The molecule has 0 aliphatic rings. The van der Waals surface area contributed by atoms with Crippen LogP contribution in [0.3, 0.4) is 0 Å². The van der Waals surface area contributed by atoms with Gasteiger partial charge in [-0.2, -0.15) is 0 Å². The predicted molar refractivity (Wildman–Crippen MR) is 35.7 cm³/mol. The van der Waals surface area contributed by atoms with Gasteiger partial charge in [-0.1, -0.05) is 13.0 Å². The molecule has 0 aliphatic carbocycles. The molecule has 0 aromatic rings. The molecule has 0 heterocycles. The summed E-state index contributed by atoms with van der Waals surface area (Å²) in [6, 6.07) is 0. The highest BCUT2D eigenvalue weighted by atomic mass is 16.3. The van der Waals surface area contributed by atoms with Gasteiger partial charge in [0.05, 0.1) is 6.10 Å². The third kappa shape index (κ3) is 2.12. The van der Waals surface area contributed by atoms with E-state index in [0.29, 0.717) is 0 Å². The minimum Gasteiger partial charge on any atom is -0.389 e. The summed E-state index contributed by atoms with van der Waals surface area (Å²) in [6.07, 6.45) is 2.53. The Labute approximate surface area is 51.0 Å². The zero-order valence-corrected chi connectivity index (χ0v) is 5.81. The van der Waals surface area contributed by atoms with Crippen LogP contribution in [0.4, 0.5) is 0 Å². The molecule has 1 N–H and O–H groups in total. The van der Waals surface area contributed by atoms with Gasteiger partial charge in [-0.3, -0.25) is 0 Å². The molecule has 0 fully saturated rings. The Kier molecular flexibility index (Phi) is 3.53. The average molecular weight is 114 g/mol. The van der Waals surface area contributed by atoms with E-state index in [2.05, 4.69) is 0 Å². The summed E-state index contributed by atoms with van der Waals surface area (Å²) in [5.41, 5.74) is 1.06. The average Bonchev–Trinajstić information content (AvgIpc) is 1.84. The molecule has 0 unspecified atom stereocenters. The van der Waals surface area contributed by atoms with Crippen LogP contribution in [0, 0.1) is 0 Å². The van der Waals surface area contributed by atoms with Crippen LogP contribution in [0.25, 0.3) is 0 Å². The molecule has 0 bridgehead atoms. The van der Waals surface area contributed by atoms with Crippen molar-refractivity contribution < 1.29 is 5.11 Å². The minimum atomic E-state index is -0.222. The number of hydrogen-bond acceptors (Lipinski definition) is 1. The summed E-state index contributed by atoms with van der Waals surface area (Å²) in [5.74, 6) is 0. The fourth-order valence-electron chi connectivity index (χ4n) is 0.514. The lowest BCUT2D eigenvalue weighted by Gasteiger charge is -2.05. The second-order valence-electron chi connectivity index (χ2n) is 1.96. The monoisotopic (exact) mass is 114 g/mol. The van der Waals surface area contributed by atoms with Crippen LogP contribution >= 0.6 is 0 Å². The molecule has 0 saturated heterocycles. The Balaban J connectivity index is 3.63. The van der Waals surface area contributed by atoms with Crippen LogP contribution in [-0.4, -0.2) is 11.2 Å². The molecule has 0 spiro atoms. The maximum atomic E-state index is 9.06. The van der Waals surface area contributed by atoms with Crippen molar-refractivity contribution in [2.75, 3.05) is 0 Å². The number of aliphatic hydroxyl groups excluding tert-OH is 1. The first-order valence-electron chi connectivity index (χ1n) is 3.03. The van der Waals surface area contributed by atoms with E-state index in [0.717, 1.165) is 12.0 Å². The van der Waals surface area contributed by atoms with Crippen LogP contribution < -0.4 is 0 Å². The van der Waals surface area contributed by atoms with E-state index in [1.165, 1.54) is 0 Å². The summed E-state index contributed by atoms with van der Waals surface area (Å²) in [6.45, 7) is 5.85. The molecule has 0 aromatic carbocycles. The van der Waals surface area contributed by atoms with E-state index >= 15 is 0 Å². The quantitative estimate of drug-likeness (QED) is 0.542.